The standard InChI is InChI=1S/C40H36ClF6N7O4/c1-38(2,57)11-10-21-6-7-22(23-8-9-26(41)30-33(23)53(5)52-36(30)50-37(56)39(3,4)58)31(48-21)27(14-18-12-19(42)15-20(43)13-18)49-28(55)17-54-34-29(32(51-54)35(44)45)24-16-25(24)40(34,46)47/h6-9,12-13,15,24-25,27,35,57-58H,14,16-17H2,1-5H3,(H,49,55)(H,50,52,56)/t24-,25+,27?/m0/s1. The highest BCUT2D eigenvalue weighted by Gasteiger charge is 2.67. The molecule has 11 nitrogen and oxygen atoms in total. The van der Waals surface area contributed by atoms with Crippen molar-refractivity contribution < 1.29 is 46.1 Å². The first-order chi connectivity index (χ1) is 27.0. The maximum Gasteiger partial charge on any atom is 0.293 e. The molecule has 3 heterocycles. The third kappa shape index (κ3) is 7.75. The molecule has 0 spiro atoms. The number of hydrogen-bond donors (Lipinski definition) is 4. The first-order valence-corrected chi connectivity index (χ1v) is 18.4. The van der Waals surface area contributed by atoms with Crippen LogP contribution in [0.1, 0.15) is 86.4 Å². The summed E-state index contributed by atoms with van der Waals surface area (Å²) in [6.45, 7) is 4.53. The fourth-order valence-corrected chi connectivity index (χ4v) is 7.57. The molecule has 2 aliphatic rings. The van der Waals surface area contributed by atoms with E-state index in [-0.39, 0.29) is 57.1 Å². The molecule has 7 rings (SSSR count). The van der Waals surface area contributed by atoms with Crippen LogP contribution in [0.2, 0.25) is 5.02 Å². The molecule has 304 valence electrons. The van der Waals surface area contributed by atoms with Gasteiger partial charge in [-0.2, -0.15) is 19.0 Å². The van der Waals surface area contributed by atoms with Crippen LogP contribution in [-0.2, 0) is 35.5 Å². The van der Waals surface area contributed by atoms with E-state index in [1.807, 2.05) is 0 Å². The van der Waals surface area contributed by atoms with Crippen molar-refractivity contribution in [2.75, 3.05) is 5.32 Å². The van der Waals surface area contributed by atoms with Crippen LogP contribution >= 0.6 is 11.6 Å². The number of nitrogens with one attached hydrogen (secondary N) is 2. The van der Waals surface area contributed by atoms with Gasteiger partial charge in [-0.25, -0.2) is 22.5 Å². The predicted molar refractivity (Wildman–Crippen MR) is 200 cm³/mol. The van der Waals surface area contributed by atoms with Crippen LogP contribution < -0.4 is 10.6 Å². The van der Waals surface area contributed by atoms with Crippen LogP contribution in [0, 0.1) is 29.4 Å². The minimum atomic E-state index is -3.50. The zero-order valence-electron chi connectivity index (χ0n) is 31.6. The number of aromatic nitrogens is 5. The molecule has 4 N–H and O–H groups in total. The second kappa shape index (κ2) is 14.4. The van der Waals surface area contributed by atoms with Gasteiger partial charge < -0.3 is 20.8 Å². The summed E-state index contributed by atoms with van der Waals surface area (Å²) in [6.07, 6.45) is -3.49. The Hall–Kier alpha value is -5.44. The maximum absolute atomic E-state index is 15.4. The number of amides is 2. The number of fused-ring (bicyclic) bond motifs is 4. The highest BCUT2D eigenvalue weighted by Crippen LogP contribution is 2.68. The number of carbonyl (C=O) groups is 2. The fraction of sp³-hybridized carbons (Fsp3) is 0.375. The van der Waals surface area contributed by atoms with Crippen LogP contribution in [0.3, 0.4) is 0 Å². The van der Waals surface area contributed by atoms with Gasteiger partial charge in [0.2, 0.25) is 5.91 Å². The van der Waals surface area contributed by atoms with Gasteiger partial charge in [0.15, 0.2) is 5.82 Å². The molecule has 2 aromatic carbocycles. The monoisotopic (exact) mass is 827 g/mol. The number of aliphatic hydroxyl groups is 2. The first kappa shape index (κ1) is 40.7. The SMILES string of the molecule is Cn1nc(NC(=O)C(C)(C)O)c2c(Cl)ccc(-c3ccc(C#CC(C)(C)O)nc3C(Cc3cc(F)cc(F)c3)NC(=O)Cn3nc(C(F)F)c4c3C(F)(F)[C@@H]3C[C@H]43)c21. The molecule has 0 aliphatic heterocycles. The van der Waals surface area contributed by atoms with E-state index < -0.39 is 82.8 Å². The zero-order chi connectivity index (χ0) is 42.2. The molecule has 0 saturated heterocycles. The number of carbonyl (C=O) groups excluding carboxylic acids is 2. The van der Waals surface area contributed by atoms with Crippen LogP contribution in [-0.4, -0.2) is 57.8 Å². The van der Waals surface area contributed by atoms with E-state index >= 15 is 8.78 Å². The number of halogens is 7. The lowest BCUT2D eigenvalue weighted by Crippen LogP contribution is -2.36. The third-order valence-corrected chi connectivity index (χ3v) is 10.2. The van der Waals surface area contributed by atoms with Crippen molar-refractivity contribution in [3.63, 3.8) is 0 Å². The summed E-state index contributed by atoms with van der Waals surface area (Å²) in [5.74, 6) is -3.66. The number of hydrogen-bond acceptors (Lipinski definition) is 7. The molecule has 2 amide bonds. The molecule has 5 aromatic rings. The van der Waals surface area contributed by atoms with Crippen molar-refractivity contribution in [2.24, 2.45) is 13.0 Å². The van der Waals surface area contributed by atoms with Crippen LogP contribution in [0.15, 0.2) is 42.5 Å². The highest BCUT2D eigenvalue weighted by atomic mass is 35.5. The molecule has 0 bridgehead atoms. The summed E-state index contributed by atoms with van der Waals surface area (Å²) in [5, 5.41) is 34.5. The summed E-state index contributed by atoms with van der Waals surface area (Å²) in [4.78, 5) is 31.5. The highest BCUT2D eigenvalue weighted by molar-refractivity contribution is 6.37. The molecule has 58 heavy (non-hydrogen) atoms. The molecule has 0 radical (unpaired) electrons. The lowest BCUT2D eigenvalue weighted by Gasteiger charge is -2.23. The molecule has 3 atom stereocenters. The molecule has 1 fully saturated rings. The zero-order valence-corrected chi connectivity index (χ0v) is 32.3. The normalized spacial score (nSPS) is 17.4. The van der Waals surface area contributed by atoms with Gasteiger partial charge in [0.25, 0.3) is 18.3 Å². The minimum absolute atomic E-state index is 0.00287. The average molecular weight is 828 g/mol. The van der Waals surface area contributed by atoms with E-state index in [2.05, 4.69) is 32.7 Å². The third-order valence-electron chi connectivity index (χ3n) is 9.92. The topological polar surface area (TPSA) is 147 Å². The number of anilines is 1. The Kier molecular flexibility index (Phi) is 10.1. The van der Waals surface area contributed by atoms with Crippen molar-refractivity contribution in [2.45, 2.75) is 82.6 Å². The lowest BCUT2D eigenvalue weighted by atomic mass is 9.93. The van der Waals surface area contributed by atoms with Gasteiger partial charge in [-0.15, -0.1) is 0 Å². The lowest BCUT2D eigenvalue weighted by molar-refractivity contribution is -0.130. The quantitative estimate of drug-likeness (QED) is 0.0891. The smallest absolute Gasteiger partial charge is 0.293 e. The predicted octanol–water partition coefficient (Wildman–Crippen LogP) is 6.84. The largest absolute Gasteiger partial charge is 0.381 e. The van der Waals surface area contributed by atoms with Gasteiger partial charge in [0.05, 0.1) is 27.7 Å². The van der Waals surface area contributed by atoms with Crippen molar-refractivity contribution >= 4 is 40.1 Å². The van der Waals surface area contributed by atoms with Gasteiger partial charge in [0.1, 0.15) is 46.5 Å². The fourth-order valence-electron chi connectivity index (χ4n) is 7.33. The summed E-state index contributed by atoms with van der Waals surface area (Å²) in [7, 11) is 1.56. The Balaban J connectivity index is 1.38. The summed E-state index contributed by atoms with van der Waals surface area (Å²) < 4.78 is 90.1. The second-order valence-electron chi connectivity index (χ2n) is 15.5. The van der Waals surface area contributed by atoms with Crippen molar-refractivity contribution in [3.8, 4) is 23.0 Å². The molecule has 3 aromatic heterocycles. The van der Waals surface area contributed by atoms with Gasteiger partial charge in [-0.1, -0.05) is 23.6 Å². The maximum atomic E-state index is 15.4. The summed E-state index contributed by atoms with van der Waals surface area (Å²) >= 11 is 6.66. The summed E-state index contributed by atoms with van der Waals surface area (Å²) in [5.41, 5.74) is -3.90. The van der Waals surface area contributed by atoms with E-state index in [4.69, 9.17) is 16.6 Å². The minimum Gasteiger partial charge on any atom is -0.381 e. The molecule has 1 saturated carbocycles. The number of nitrogens with zero attached hydrogens (tertiary/aromatic N) is 5. The van der Waals surface area contributed by atoms with E-state index in [1.54, 1.807) is 19.2 Å². The van der Waals surface area contributed by atoms with Crippen LogP contribution in [0.5, 0.6) is 0 Å². The molecule has 18 heteroatoms. The van der Waals surface area contributed by atoms with E-state index in [9.17, 15) is 37.4 Å². The van der Waals surface area contributed by atoms with E-state index in [0.29, 0.717) is 21.8 Å². The Labute approximate surface area is 332 Å². The molecule has 2 aliphatic carbocycles. The van der Waals surface area contributed by atoms with Gasteiger partial charge in [0, 0.05) is 35.7 Å². The van der Waals surface area contributed by atoms with Crippen LogP contribution in [0.4, 0.5) is 32.2 Å². The second-order valence-corrected chi connectivity index (χ2v) is 15.9. The van der Waals surface area contributed by atoms with Gasteiger partial charge >= 0.3 is 0 Å². The van der Waals surface area contributed by atoms with Crippen molar-refractivity contribution in [1.29, 1.82) is 0 Å². The van der Waals surface area contributed by atoms with Gasteiger partial charge in [-0.05, 0) is 88.3 Å². The Morgan fingerprint density at radius 1 is 1.02 bits per heavy atom. The Morgan fingerprint density at radius 2 is 1.69 bits per heavy atom. The average Bonchev–Trinajstić information content (AvgIpc) is 3.65. The van der Waals surface area contributed by atoms with E-state index in [1.165, 1.54) is 44.5 Å². The first-order valence-electron chi connectivity index (χ1n) is 18.0. The molecular formula is C40H36ClF6N7O4. The Bertz CT molecular complexity index is 2550. The van der Waals surface area contributed by atoms with Crippen molar-refractivity contribution in [1.82, 2.24) is 29.9 Å². The summed E-state index contributed by atoms with van der Waals surface area (Å²) in [6, 6.07) is 7.59. The van der Waals surface area contributed by atoms with E-state index in [0.717, 1.165) is 12.1 Å². The van der Waals surface area contributed by atoms with Crippen molar-refractivity contribution in [3.05, 3.63) is 93.0 Å². The van der Waals surface area contributed by atoms with Crippen LogP contribution in [0.25, 0.3) is 22.0 Å². The Morgan fingerprint density at radius 3 is 2.33 bits per heavy atom. The number of pyridine rings is 1. The molecular weight excluding hydrogens is 792 g/mol. The molecule has 1 unspecified atom stereocenters. The van der Waals surface area contributed by atoms with Gasteiger partial charge in [-0.3, -0.25) is 19.0 Å². The number of benzene rings is 2. The number of alkyl halides is 4. The number of rotatable bonds is 10. The number of aryl methyl sites for hydroxylation is 1.